The van der Waals surface area contributed by atoms with Crippen molar-refractivity contribution < 1.29 is 0 Å². The summed E-state index contributed by atoms with van der Waals surface area (Å²) in [6.07, 6.45) is 20.3. The van der Waals surface area contributed by atoms with Gasteiger partial charge in [-0.25, -0.2) is 20.0 Å². The van der Waals surface area contributed by atoms with Crippen LogP contribution < -0.4 is 5.73 Å². The van der Waals surface area contributed by atoms with E-state index in [1.54, 1.807) is 0 Å². The minimum Gasteiger partial charge on any atom is -0.326 e. The van der Waals surface area contributed by atoms with Crippen molar-refractivity contribution in [2.24, 2.45) is 25.7 Å². The molecule has 38 heavy (non-hydrogen) atoms. The van der Waals surface area contributed by atoms with E-state index in [1.165, 1.54) is 0 Å². The molecule has 0 saturated heterocycles. The number of aliphatic imine (C=N–C) groups is 4. The molecule has 0 saturated carbocycles. The Hall–Kier alpha value is -5.00. The smallest absolute Gasteiger partial charge is 0.0737 e. The Balaban J connectivity index is 1.42. The molecule has 0 fully saturated rings. The highest BCUT2D eigenvalue weighted by molar-refractivity contribution is 6.34. The highest BCUT2D eigenvalue weighted by Gasteiger charge is 2.21. The van der Waals surface area contributed by atoms with Crippen LogP contribution >= 0.6 is 0 Å². The molecule has 5 aliphatic rings. The molecule has 2 aromatic rings. The zero-order valence-corrected chi connectivity index (χ0v) is 20.5. The second-order valence-corrected chi connectivity index (χ2v) is 9.33. The Bertz CT molecular complexity index is 1740. The van der Waals surface area contributed by atoms with Gasteiger partial charge >= 0.3 is 0 Å². The van der Waals surface area contributed by atoms with Gasteiger partial charge in [0.1, 0.15) is 0 Å². The SMILES string of the molecule is NCc1ccc(C2=C3C=CC(=N3)C=C3C=CC(=N3)C(c3ccccc3)=C3C=CC(=N3)C=C3C=CC2=N3)cc1. The monoisotopic (exact) mass is 489 g/mol. The van der Waals surface area contributed by atoms with E-state index in [0.717, 1.165) is 73.5 Å². The predicted octanol–water partition coefficient (Wildman–Crippen LogP) is 6.09. The van der Waals surface area contributed by atoms with Crippen molar-refractivity contribution in [2.75, 3.05) is 0 Å². The van der Waals surface area contributed by atoms with Gasteiger partial charge in [0, 0.05) is 17.7 Å². The molecule has 180 valence electrons. The quantitative estimate of drug-likeness (QED) is 0.556. The molecular weight excluding hydrogens is 466 g/mol. The fourth-order valence-corrected chi connectivity index (χ4v) is 4.96. The first-order valence-corrected chi connectivity index (χ1v) is 12.6. The average Bonchev–Trinajstić information content (AvgIpc) is 3.76. The molecule has 0 radical (unpaired) electrons. The summed E-state index contributed by atoms with van der Waals surface area (Å²) in [5.41, 5.74) is 17.9. The largest absolute Gasteiger partial charge is 0.326 e. The van der Waals surface area contributed by atoms with Crippen LogP contribution in [0.25, 0.3) is 11.1 Å². The molecular formula is C33H23N5. The lowest BCUT2D eigenvalue weighted by Gasteiger charge is -2.10. The number of hydrogen-bond acceptors (Lipinski definition) is 5. The van der Waals surface area contributed by atoms with E-state index in [0.29, 0.717) is 6.54 Å². The van der Waals surface area contributed by atoms with Crippen LogP contribution in [0.1, 0.15) is 16.7 Å². The zero-order chi connectivity index (χ0) is 25.5. The van der Waals surface area contributed by atoms with E-state index in [9.17, 15) is 0 Å². The second-order valence-electron chi connectivity index (χ2n) is 9.33. The minimum atomic E-state index is 0.504. The van der Waals surface area contributed by atoms with Crippen LogP contribution in [-0.4, -0.2) is 22.8 Å². The number of nitrogens with two attached hydrogens (primary N) is 1. The minimum absolute atomic E-state index is 0.504. The van der Waals surface area contributed by atoms with Crippen molar-refractivity contribution in [3.05, 3.63) is 155 Å². The third-order valence-corrected chi connectivity index (χ3v) is 6.80. The lowest BCUT2D eigenvalue weighted by molar-refractivity contribution is 1.07. The number of nitrogens with zero attached hydrogens (tertiary/aromatic N) is 4. The fourth-order valence-electron chi connectivity index (χ4n) is 4.96. The van der Waals surface area contributed by atoms with Crippen molar-refractivity contribution >= 4 is 34.0 Å². The van der Waals surface area contributed by atoms with Gasteiger partial charge in [-0.05, 0) is 77.5 Å². The summed E-state index contributed by atoms with van der Waals surface area (Å²) in [5, 5.41) is 0. The molecule has 0 aromatic heterocycles. The van der Waals surface area contributed by atoms with Crippen molar-refractivity contribution in [1.82, 2.24) is 0 Å². The number of rotatable bonds is 3. The molecule has 2 aromatic carbocycles. The Morgan fingerprint density at radius 3 is 1.55 bits per heavy atom. The van der Waals surface area contributed by atoms with Gasteiger partial charge in [0.2, 0.25) is 0 Å². The predicted molar refractivity (Wildman–Crippen MR) is 157 cm³/mol. The molecule has 0 spiro atoms. The van der Waals surface area contributed by atoms with Crippen LogP contribution in [0.15, 0.2) is 158 Å². The number of fused-ring (bicyclic) bond motifs is 4. The highest BCUT2D eigenvalue weighted by atomic mass is 14.8. The van der Waals surface area contributed by atoms with Crippen LogP contribution in [-0.2, 0) is 6.54 Å². The lowest BCUT2D eigenvalue weighted by Crippen LogP contribution is -2.01. The standard InChI is InChI=1S/C33H23N5/c34-20-21-6-8-23(9-7-21)33-30-16-12-26(37-30)18-24-10-14-28(35-24)32(22-4-2-1-3-5-22)29-15-11-25(36-29)19-27-13-17-31(33)38-27/h1-19H,20,34H2. The summed E-state index contributed by atoms with van der Waals surface area (Å²) in [5.74, 6) is 0. The van der Waals surface area contributed by atoms with Crippen LogP contribution in [0.3, 0.4) is 0 Å². The van der Waals surface area contributed by atoms with Gasteiger partial charge in [-0.3, -0.25) is 0 Å². The molecule has 2 N–H and O–H groups in total. The molecule has 5 nitrogen and oxygen atoms in total. The third kappa shape index (κ3) is 4.05. The number of benzene rings is 2. The summed E-state index contributed by atoms with van der Waals surface area (Å²) in [6.45, 7) is 0.504. The summed E-state index contributed by atoms with van der Waals surface area (Å²) in [6, 6.07) is 18.6. The Morgan fingerprint density at radius 2 is 1.03 bits per heavy atom. The van der Waals surface area contributed by atoms with Crippen molar-refractivity contribution in [3.63, 3.8) is 0 Å². The van der Waals surface area contributed by atoms with Crippen LogP contribution in [0.2, 0.25) is 0 Å². The van der Waals surface area contributed by atoms with E-state index in [4.69, 9.17) is 25.7 Å². The van der Waals surface area contributed by atoms with Gasteiger partial charge in [0.05, 0.1) is 45.6 Å². The Labute approximate surface area is 221 Å². The van der Waals surface area contributed by atoms with Crippen LogP contribution in [0.5, 0.6) is 0 Å². The molecule has 0 atom stereocenters. The molecule has 8 bridgehead atoms. The van der Waals surface area contributed by atoms with Crippen LogP contribution in [0, 0.1) is 0 Å². The molecule has 5 heterocycles. The lowest BCUT2D eigenvalue weighted by atomic mass is 9.97. The topological polar surface area (TPSA) is 75.5 Å². The van der Waals surface area contributed by atoms with Crippen LogP contribution in [0.4, 0.5) is 0 Å². The maximum absolute atomic E-state index is 5.84. The molecule has 5 aliphatic heterocycles. The van der Waals surface area contributed by atoms with E-state index >= 15 is 0 Å². The highest BCUT2D eigenvalue weighted by Crippen LogP contribution is 2.32. The van der Waals surface area contributed by atoms with Gasteiger partial charge in [0.25, 0.3) is 0 Å². The van der Waals surface area contributed by atoms with Gasteiger partial charge in [-0.1, -0.05) is 54.6 Å². The number of hydrogen-bond donors (Lipinski definition) is 1. The van der Waals surface area contributed by atoms with Crippen molar-refractivity contribution in [3.8, 4) is 0 Å². The zero-order valence-electron chi connectivity index (χ0n) is 20.5. The van der Waals surface area contributed by atoms with Gasteiger partial charge in [-0.15, -0.1) is 0 Å². The Kier molecular flexibility index (Phi) is 5.34. The first kappa shape index (κ1) is 22.2. The molecule has 5 heteroatoms. The van der Waals surface area contributed by atoms with Gasteiger partial charge in [-0.2, -0.15) is 0 Å². The number of allylic oxidation sites excluding steroid dienone is 12. The summed E-state index contributed by atoms with van der Waals surface area (Å²) < 4.78 is 0. The normalized spacial score (nSPS) is 19.1. The van der Waals surface area contributed by atoms with Gasteiger partial charge in [0.15, 0.2) is 0 Å². The van der Waals surface area contributed by atoms with E-state index in [1.807, 2.05) is 66.8 Å². The maximum atomic E-state index is 5.84. The van der Waals surface area contributed by atoms with Crippen molar-refractivity contribution in [2.45, 2.75) is 6.54 Å². The molecule has 0 amide bonds. The first-order chi connectivity index (χ1) is 18.7. The van der Waals surface area contributed by atoms with E-state index in [-0.39, 0.29) is 0 Å². The first-order valence-electron chi connectivity index (χ1n) is 12.6. The third-order valence-electron chi connectivity index (χ3n) is 6.80. The molecule has 0 aliphatic carbocycles. The average molecular weight is 490 g/mol. The van der Waals surface area contributed by atoms with Gasteiger partial charge < -0.3 is 5.73 Å². The second kappa shape index (κ2) is 9.14. The van der Waals surface area contributed by atoms with E-state index < -0.39 is 0 Å². The summed E-state index contributed by atoms with van der Waals surface area (Å²) in [4.78, 5) is 19.9. The fraction of sp³-hybridized carbons (Fsp3) is 0.0303. The van der Waals surface area contributed by atoms with E-state index in [2.05, 4.69) is 48.6 Å². The molecule has 7 rings (SSSR count). The maximum Gasteiger partial charge on any atom is 0.0737 e. The van der Waals surface area contributed by atoms with Crippen molar-refractivity contribution in [1.29, 1.82) is 0 Å². The summed E-state index contributed by atoms with van der Waals surface area (Å²) in [7, 11) is 0. The Morgan fingerprint density at radius 1 is 0.500 bits per heavy atom. The molecule has 0 unspecified atom stereocenters. The summed E-state index contributed by atoms with van der Waals surface area (Å²) >= 11 is 0.